The third-order valence-electron chi connectivity index (χ3n) is 6.48. The molecule has 5 rings (SSSR count). The summed E-state index contributed by atoms with van der Waals surface area (Å²) >= 11 is 0. The van der Waals surface area contributed by atoms with Crippen molar-refractivity contribution in [1.82, 2.24) is 9.55 Å². The minimum Gasteiger partial charge on any atom is -0.495 e. The topological polar surface area (TPSA) is 117 Å². The van der Waals surface area contributed by atoms with Gasteiger partial charge >= 0.3 is 11.9 Å². The number of rotatable bonds is 4. The number of fused-ring (bicyclic) bond motifs is 5. The Kier molecular flexibility index (Phi) is 5.02. The number of aliphatic hydroxyl groups is 1. The van der Waals surface area contributed by atoms with E-state index in [0.29, 0.717) is 28.2 Å². The molecule has 9 heteroatoms. The van der Waals surface area contributed by atoms with Crippen LogP contribution in [0.15, 0.2) is 35.1 Å². The van der Waals surface area contributed by atoms with E-state index in [2.05, 4.69) is 4.74 Å². The predicted octanol–water partition coefficient (Wildman–Crippen LogP) is 2.27. The summed E-state index contributed by atoms with van der Waals surface area (Å²) in [5.74, 6) is -0.703. The summed E-state index contributed by atoms with van der Waals surface area (Å²) in [6, 6.07) is 7.16. The molecule has 9 nitrogen and oxygen atoms in total. The maximum Gasteiger partial charge on any atom is 0.343 e. The molecule has 0 unspecified atom stereocenters. The number of aromatic nitrogens is 2. The largest absolute Gasteiger partial charge is 0.495 e. The Morgan fingerprint density at radius 1 is 1.29 bits per heavy atom. The zero-order valence-electron chi connectivity index (χ0n) is 18.9. The molecular weight excluding hydrogens is 440 g/mol. The van der Waals surface area contributed by atoms with E-state index < -0.39 is 17.5 Å². The molecule has 0 amide bonds. The van der Waals surface area contributed by atoms with Crippen LogP contribution >= 0.6 is 0 Å². The number of nitrogens with zero attached hydrogens (tertiary/aromatic N) is 2. The standard InChI is InChI=1S/C25H22N2O7/c1-4-25(31)17-10-19-21-14(11-27(19)23(29)16(17)12-34-24(25)30)9-15-18(26-21)7-5-13(22(15)33-3)6-8-20(28)32-2/h5-10,31H,4,11-12H2,1-3H3/b8-6+/t25-/m0/s1. The Morgan fingerprint density at radius 3 is 2.79 bits per heavy atom. The lowest BCUT2D eigenvalue weighted by atomic mass is 9.86. The Bertz CT molecular complexity index is 1470. The highest BCUT2D eigenvalue weighted by atomic mass is 16.6. The highest BCUT2D eigenvalue weighted by Crippen LogP contribution is 2.40. The number of pyridine rings is 2. The van der Waals surface area contributed by atoms with E-state index in [1.54, 1.807) is 35.8 Å². The second kappa shape index (κ2) is 7.81. The van der Waals surface area contributed by atoms with Crippen LogP contribution in [-0.2, 0) is 37.8 Å². The van der Waals surface area contributed by atoms with Gasteiger partial charge in [0.25, 0.3) is 5.56 Å². The van der Waals surface area contributed by atoms with Gasteiger partial charge in [-0.1, -0.05) is 6.92 Å². The van der Waals surface area contributed by atoms with Gasteiger partial charge in [-0.3, -0.25) is 4.79 Å². The first kappa shape index (κ1) is 21.8. The molecule has 0 aliphatic carbocycles. The molecule has 0 fully saturated rings. The number of ether oxygens (including phenoxy) is 3. The summed E-state index contributed by atoms with van der Waals surface area (Å²) in [5.41, 5.74) is 1.61. The van der Waals surface area contributed by atoms with E-state index in [9.17, 15) is 19.5 Å². The van der Waals surface area contributed by atoms with Gasteiger partial charge in [0.05, 0.1) is 43.2 Å². The van der Waals surface area contributed by atoms with E-state index in [0.717, 1.165) is 10.9 Å². The molecule has 0 radical (unpaired) electrons. The third-order valence-corrected chi connectivity index (χ3v) is 6.48. The van der Waals surface area contributed by atoms with Gasteiger partial charge in [0.15, 0.2) is 5.60 Å². The van der Waals surface area contributed by atoms with Crippen LogP contribution in [0.1, 0.15) is 35.6 Å². The number of hydrogen-bond donors (Lipinski definition) is 1. The first-order valence-electron chi connectivity index (χ1n) is 10.8. The van der Waals surface area contributed by atoms with Crippen molar-refractivity contribution in [3.63, 3.8) is 0 Å². The first-order chi connectivity index (χ1) is 16.3. The molecule has 2 aromatic heterocycles. The summed E-state index contributed by atoms with van der Waals surface area (Å²) in [6.45, 7) is 1.77. The fourth-order valence-electron chi connectivity index (χ4n) is 4.63. The first-order valence-corrected chi connectivity index (χ1v) is 10.8. The highest BCUT2D eigenvalue weighted by molar-refractivity contribution is 5.94. The molecule has 1 aromatic carbocycles. The van der Waals surface area contributed by atoms with Gasteiger partial charge < -0.3 is 23.9 Å². The van der Waals surface area contributed by atoms with Crippen molar-refractivity contribution in [1.29, 1.82) is 0 Å². The van der Waals surface area contributed by atoms with Crippen LogP contribution < -0.4 is 10.3 Å². The lowest BCUT2D eigenvalue weighted by Gasteiger charge is -2.31. The van der Waals surface area contributed by atoms with Crippen LogP contribution in [0, 0.1) is 0 Å². The summed E-state index contributed by atoms with van der Waals surface area (Å²) in [4.78, 5) is 41.9. The molecule has 0 spiro atoms. The minimum absolute atomic E-state index is 0.0821. The number of esters is 2. The lowest BCUT2D eigenvalue weighted by Crippen LogP contribution is -2.44. The Labute approximate surface area is 194 Å². The molecule has 1 N–H and O–H groups in total. The predicted molar refractivity (Wildman–Crippen MR) is 122 cm³/mol. The summed E-state index contributed by atoms with van der Waals surface area (Å²) < 4.78 is 17.0. The number of methoxy groups -OCH3 is 2. The van der Waals surface area contributed by atoms with E-state index in [4.69, 9.17) is 14.5 Å². The molecule has 4 heterocycles. The van der Waals surface area contributed by atoms with Crippen molar-refractivity contribution >= 4 is 28.9 Å². The molecule has 0 saturated heterocycles. The second-order valence-corrected chi connectivity index (χ2v) is 8.21. The number of benzene rings is 1. The van der Waals surface area contributed by atoms with Crippen LogP contribution in [0.25, 0.3) is 28.4 Å². The number of carbonyl (C=O) groups is 2. The summed E-state index contributed by atoms with van der Waals surface area (Å²) in [6.07, 6.45) is 2.99. The van der Waals surface area contributed by atoms with Crippen LogP contribution in [0.2, 0.25) is 0 Å². The van der Waals surface area contributed by atoms with E-state index in [-0.39, 0.29) is 36.3 Å². The zero-order valence-corrected chi connectivity index (χ0v) is 18.9. The van der Waals surface area contributed by atoms with Crippen LogP contribution in [0.3, 0.4) is 0 Å². The lowest BCUT2D eigenvalue weighted by molar-refractivity contribution is -0.172. The van der Waals surface area contributed by atoms with Crippen molar-refractivity contribution < 1.29 is 28.9 Å². The Morgan fingerprint density at radius 2 is 2.09 bits per heavy atom. The summed E-state index contributed by atoms with van der Waals surface area (Å²) in [7, 11) is 2.84. The van der Waals surface area contributed by atoms with E-state index in [1.807, 2.05) is 6.07 Å². The van der Waals surface area contributed by atoms with Crippen molar-refractivity contribution in [2.24, 2.45) is 0 Å². The van der Waals surface area contributed by atoms with Gasteiger partial charge in [0, 0.05) is 28.2 Å². The Balaban J connectivity index is 1.69. The van der Waals surface area contributed by atoms with Gasteiger partial charge in [-0.25, -0.2) is 14.6 Å². The number of cyclic esters (lactones) is 1. The van der Waals surface area contributed by atoms with Gasteiger partial charge in [0.1, 0.15) is 12.4 Å². The van der Waals surface area contributed by atoms with Crippen LogP contribution in [0.5, 0.6) is 5.75 Å². The van der Waals surface area contributed by atoms with Gasteiger partial charge in [-0.05, 0) is 36.8 Å². The molecular formula is C25H22N2O7. The quantitative estimate of drug-likeness (QED) is 0.363. The van der Waals surface area contributed by atoms with E-state index in [1.165, 1.54) is 20.3 Å². The second-order valence-electron chi connectivity index (χ2n) is 8.21. The maximum atomic E-state index is 13.3. The van der Waals surface area contributed by atoms with Gasteiger partial charge in [-0.15, -0.1) is 0 Å². The normalized spacial score (nSPS) is 18.4. The average molecular weight is 462 g/mol. The molecule has 1 atom stereocenters. The zero-order chi connectivity index (χ0) is 24.2. The van der Waals surface area contributed by atoms with Gasteiger partial charge in [-0.2, -0.15) is 0 Å². The molecule has 0 saturated carbocycles. The molecule has 34 heavy (non-hydrogen) atoms. The fraction of sp³-hybridized carbons (Fsp3) is 0.280. The van der Waals surface area contributed by atoms with Crippen LogP contribution in [0.4, 0.5) is 0 Å². The third kappa shape index (κ3) is 3.04. The van der Waals surface area contributed by atoms with Crippen LogP contribution in [-0.4, -0.2) is 40.8 Å². The van der Waals surface area contributed by atoms with Crippen molar-refractivity contribution in [2.45, 2.75) is 32.1 Å². The maximum absolute atomic E-state index is 13.3. The van der Waals surface area contributed by atoms with Crippen molar-refractivity contribution in [3.05, 3.63) is 62.9 Å². The average Bonchev–Trinajstić information content (AvgIpc) is 3.21. The van der Waals surface area contributed by atoms with Crippen molar-refractivity contribution in [3.8, 4) is 17.1 Å². The van der Waals surface area contributed by atoms with E-state index >= 15 is 0 Å². The number of hydrogen-bond acceptors (Lipinski definition) is 8. The molecule has 2 aliphatic rings. The molecule has 0 bridgehead atoms. The molecule has 2 aliphatic heterocycles. The summed E-state index contributed by atoms with van der Waals surface area (Å²) in [5, 5.41) is 11.7. The molecule has 174 valence electrons. The van der Waals surface area contributed by atoms with Gasteiger partial charge in [0.2, 0.25) is 0 Å². The molecule has 3 aromatic rings. The highest BCUT2D eigenvalue weighted by Gasteiger charge is 2.45. The van der Waals surface area contributed by atoms with Crippen molar-refractivity contribution in [2.75, 3.05) is 14.2 Å². The smallest absolute Gasteiger partial charge is 0.343 e. The number of carbonyl (C=O) groups excluding carboxylic acids is 2. The fourth-order valence-corrected chi connectivity index (χ4v) is 4.63. The Hall–Kier alpha value is -3.98. The minimum atomic E-state index is -1.87. The monoisotopic (exact) mass is 462 g/mol. The SMILES string of the molecule is CC[C@@]1(O)C(=O)OCc2c1cc1n(c2=O)Cc2cc3c(OC)c(/C=C/C(=O)OC)ccc3nc2-1.